The van der Waals surface area contributed by atoms with Crippen LogP contribution in [0.3, 0.4) is 0 Å². The number of anilines is 1. The lowest BCUT2D eigenvalue weighted by molar-refractivity contribution is -0.385. The minimum Gasteiger partial charge on any atom is -0.382 e. The van der Waals surface area contributed by atoms with Gasteiger partial charge in [0.25, 0.3) is 5.69 Å². The van der Waals surface area contributed by atoms with Crippen molar-refractivity contribution in [2.45, 2.75) is 45.8 Å². The molecule has 0 saturated carbocycles. The van der Waals surface area contributed by atoms with Crippen LogP contribution in [0.25, 0.3) is 0 Å². The van der Waals surface area contributed by atoms with E-state index in [0.29, 0.717) is 12.0 Å². The Morgan fingerprint density at radius 2 is 1.86 bits per heavy atom. The second-order valence-electron chi connectivity index (χ2n) is 5.50. The van der Waals surface area contributed by atoms with Crippen LogP contribution in [0, 0.1) is 16.0 Å². The standard InChI is InChI=1S/C14H19F3N2O2/c1-9(2)4-5-10(3)18-13-7-6-11(19(20)21)8-12(13)14(15,16)17/h6-10,18H,4-5H2,1-3H3. The molecule has 1 aromatic carbocycles. The van der Waals surface area contributed by atoms with Crippen LogP contribution < -0.4 is 5.32 Å². The first kappa shape index (κ1) is 17.3. The summed E-state index contributed by atoms with van der Waals surface area (Å²) in [4.78, 5) is 9.78. The predicted molar refractivity (Wildman–Crippen MR) is 75.3 cm³/mol. The van der Waals surface area contributed by atoms with E-state index in [0.717, 1.165) is 25.0 Å². The number of nitro groups is 1. The molecule has 0 amide bonds. The number of halogens is 3. The third-order valence-electron chi connectivity index (χ3n) is 3.10. The smallest absolute Gasteiger partial charge is 0.382 e. The summed E-state index contributed by atoms with van der Waals surface area (Å²) in [6, 6.07) is 2.62. The molecule has 7 heteroatoms. The summed E-state index contributed by atoms with van der Waals surface area (Å²) in [5.74, 6) is 0.466. The molecule has 1 atom stereocenters. The van der Waals surface area contributed by atoms with Crippen LogP contribution in [0.5, 0.6) is 0 Å². The highest BCUT2D eigenvalue weighted by Gasteiger charge is 2.35. The second-order valence-corrected chi connectivity index (χ2v) is 5.50. The first-order chi connectivity index (χ1) is 9.61. The summed E-state index contributed by atoms with van der Waals surface area (Å²) in [5, 5.41) is 13.4. The van der Waals surface area contributed by atoms with Crippen molar-refractivity contribution in [1.82, 2.24) is 0 Å². The number of rotatable bonds is 6. The zero-order valence-corrected chi connectivity index (χ0v) is 12.2. The monoisotopic (exact) mass is 304 g/mol. The van der Waals surface area contributed by atoms with Gasteiger partial charge in [0, 0.05) is 23.9 Å². The van der Waals surface area contributed by atoms with Crippen LogP contribution in [-0.4, -0.2) is 11.0 Å². The SMILES string of the molecule is CC(C)CCC(C)Nc1ccc([N+](=O)[O-])cc1C(F)(F)F. The van der Waals surface area contributed by atoms with Gasteiger partial charge in [0.15, 0.2) is 0 Å². The van der Waals surface area contributed by atoms with E-state index in [1.807, 2.05) is 13.8 Å². The molecule has 1 rings (SSSR count). The van der Waals surface area contributed by atoms with Gasteiger partial charge in [0.2, 0.25) is 0 Å². The highest BCUT2D eigenvalue weighted by atomic mass is 19.4. The molecule has 21 heavy (non-hydrogen) atoms. The quantitative estimate of drug-likeness (QED) is 0.603. The third-order valence-corrected chi connectivity index (χ3v) is 3.10. The van der Waals surface area contributed by atoms with Gasteiger partial charge in [0.05, 0.1) is 10.5 Å². The highest BCUT2D eigenvalue weighted by molar-refractivity contribution is 5.57. The lowest BCUT2D eigenvalue weighted by atomic mass is 10.0. The summed E-state index contributed by atoms with van der Waals surface area (Å²) in [6.07, 6.45) is -3.01. The average Bonchev–Trinajstić information content (AvgIpc) is 2.35. The van der Waals surface area contributed by atoms with Crippen LogP contribution in [0.4, 0.5) is 24.5 Å². The lowest BCUT2D eigenvalue weighted by Gasteiger charge is -2.20. The number of hydrogen-bond acceptors (Lipinski definition) is 3. The summed E-state index contributed by atoms with van der Waals surface area (Å²) < 4.78 is 39.0. The Morgan fingerprint density at radius 1 is 1.24 bits per heavy atom. The van der Waals surface area contributed by atoms with E-state index in [4.69, 9.17) is 0 Å². The molecule has 0 aliphatic carbocycles. The zero-order chi connectivity index (χ0) is 16.2. The van der Waals surface area contributed by atoms with Gasteiger partial charge in [-0.2, -0.15) is 13.2 Å². The van der Waals surface area contributed by atoms with E-state index >= 15 is 0 Å². The van der Waals surface area contributed by atoms with Gasteiger partial charge in [-0.25, -0.2) is 0 Å². The van der Waals surface area contributed by atoms with Gasteiger partial charge < -0.3 is 5.32 Å². The van der Waals surface area contributed by atoms with E-state index in [9.17, 15) is 23.3 Å². The van der Waals surface area contributed by atoms with Crippen molar-refractivity contribution in [2.24, 2.45) is 5.92 Å². The molecule has 1 N–H and O–H groups in total. The van der Waals surface area contributed by atoms with E-state index in [2.05, 4.69) is 5.32 Å². The van der Waals surface area contributed by atoms with Crippen LogP contribution in [0.1, 0.15) is 39.2 Å². The van der Waals surface area contributed by atoms with Crippen molar-refractivity contribution in [3.63, 3.8) is 0 Å². The number of nitrogens with zero attached hydrogens (tertiary/aromatic N) is 1. The highest BCUT2D eigenvalue weighted by Crippen LogP contribution is 2.37. The molecular weight excluding hydrogens is 285 g/mol. The Morgan fingerprint density at radius 3 is 2.33 bits per heavy atom. The normalized spacial score (nSPS) is 13.3. The van der Waals surface area contributed by atoms with Crippen molar-refractivity contribution < 1.29 is 18.1 Å². The molecule has 1 unspecified atom stereocenters. The van der Waals surface area contributed by atoms with Crippen molar-refractivity contribution in [3.05, 3.63) is 33.9 Å². The Balaban J connectivity index is 2.98. The summed E-state index contributed by atoms with van der Waals surface area (Å²) in [7, 11) is 0. The zero-order valence-electron chi connectivity index (χ0n) is 12.2. The Hall–Kier alpha value is -1.79. The number of nitro benzene ring substituents is 1. The van der Waals surface area contributed by atoms with Crippen molar-refractivity contribution in [3.8, 4) is 0 Å². The maximum absolute atomic E-state index is 13.0. The summed E-state index contributed by atoms with van der Waals surface area (Å²) in [5.41, 5.74) is -1.69. The van der Waals surface area contributed by atoms with E-state index in [1.54, 1.807) is 6.92 Å². The number of alkyl halides is 3. The average molecular weight is 304 g/mol. The number of nitrogens with one attached hydrogen (secondary N) is 1. The van der Waals surface area contributed by atoms with Gasteiger partial charge in [-0.05, 0) is 31.7 Å². The molecule has 0 fully saturated rings. The third kappa shape index (κ3) is 5.24. The Labute approximate surface area is 121 Å². The minimum absolute atomic E-state index is 0.121. The predicted octanol–water partition coefficient (Wildman–Crippen LogP) is 4.85. The topological polar surface area (TPSA) is 55.2 Å². The van der Waals surface area contributed by atoms with Crippen LogP contribution in [0.15, 0.2) is 18.2 Å². The molecule has 0 bridgehead atoms. The van der Waals surface area contributed by atoms with Gasteiger partial charge in [-0.1, -0.05) is 13.8 Å². The Bertz CT molecular complexity index is 501. The first-order valence-corrected chi connectivity index (χ1v) is 6.73. The van der Waals surface area contributed by atoms with Crippen molar-refractivity contribution in [2.75, 3.05) is 5.32 Å². The first-order valence-electron chi connectivity index (χ1n) is 6.73. The number of benzene rings is 1. The lowest BCUT2D eigenvalue weighted by Crippen LogP contribution is -2.19. The molecule has 4 nitrogen and oxygen atoms in total. The maximum Gasteiger partial charge on any atom is 0.418 e. The van der Waals surface area contributed by atoms with Crippen molar-refractivity contribution in [1.29, 1.82) is 0 Å². The second kappa shape index (κ2) is 6.78. The molecule has 0 spiro atoms. The van der Waals surface area contributed by atoms with E-state index in [-0.39, 0.29) is 11.7 Å². The van der Waals surface area contributed by atoms with Crippen LogP contribution in [-0.2, 0) is 6.18 Å². The van der Waals surface area contributed by atoms with Gasteiger partial charge >= 0.3 is 6.18 Å². The van der Waals surface area contributed by atoms with Crippen molar-refractivity contribution >= 4 is 11.4 Å². The van der Waals surface area contributed by atoms with E-state index < -0.39 is 22.4 Å². The number of hydrogen-bond donors (Lipinski definition) is 1. The fourth-order valence-corrected chi connectivity index (χ4v) is 1.93. The minimum atomic E-state index is -4.63. The van der Waals surface area contributed by atoms with Crippen LogP contribution >= 0.6 is 0 Å². The maximum atomic E-state index is 13.0. The molecule has 1 aromatic rings. The molecule has 0 aliphatic rings. The molecule has 0 saturated heterocycles. The van der Waals surface area contributed by atoms with Gasteiger partial charge in [-0.15, -0.1) is 0 Å². The van der Waals surface area contributed by atoms with Gasteiger partial charge in [0.1, 0.15) is 0 Å². The van der Waals surface area contributed by atoms with Gasteiger partial charge in [-0.3, -0.25) is 10.1 Å². The molecule has 0 aromatic heterocycles. The summed E-state index contributed by atoms with van der Waals surface area (Å²) in [6.45, 7) is 5.88. The molecule has 0 heterocycles. The summed E-state index contributed by atoms with van der Waals surface area (Å²) >= 11 is 0. The molecular formula is C14H19F3N2O2. The fourth-order valence-electron chi connectivity index (χ4n) is 1.93. The Kier molecular flexibility index (Phi) is 5.57. The fraction of sp³-hybridized carbons (Fsp3) is 0.571. The molecule has 118 valence electrons. The largest absolute Gasteiger partial charge is 0.418 e. The van der Waals surface area contributed by atoms with E-state index in [1.165, 1.54) is 0 Å². The number of non-ortho nitro benzene ring substituents is 1. The molecule has 0 aliphatic heterocycles. The molecule has 0 radical (unpaired) electrons. The van der Waals surface area contributed by atoms with Crippen LogP contribution in [0.2, 0.25) is 0 Å².